The molecular weight excluding hydrogens is 330 g/mol. The van der Waals surface area contributed by atoms with Gasteiger partial charge in [0.25, 0.3) is 0 Å². The Bertz CT molecular complexity index is 859. The fraction of sp³-hybridized carbons (Fsp3) is 0.263. The zero-order valence-corrected chi connectivity index (χ0v) is 14.7. The van der Waals surface area contributed by atoms with Crippen molar-refractivity contribution in [2.45, 2.75) is 32.2 Å². The Morgan fingerprint density at radius 2 is 1.92 bits per heavy atom. The highest BCUT2D eigenvalue weighted by Crippen LogP contribution is 2.20. The number of rotatable bonds is 6. The third-order valence-electron chi connectivity index (χ3n) is 4.00. The average Bonchev–Trinajstić information content (AvgIpc) is 3.07. The Kier molecular flexibility index (Phi) is 5.26. The molecule has 1 amide bonds. The molecule has 7 nitrogen and oxygen atoms in total. The number of nitrogens with one attached hydrogen (secondary N) is 1. The molecular formula is C19H21N5O2. The van der Waals surface area contributed by atoms with Crippen LogP contribution in [0.5, 0.6) is 0 Å². The molecule has 0 saturated carbocycles. The number of benzene rings is 1. The zero-order chi connectivity index (χ0) is 18.5. The van der Waals surface area contributed by atoms with Gasteiger partial charge in [0.15, 0.2) is 0 Å². The van der Waals surface area contributed by atoms with E-state index >= 15 is 0 Å². The first-order valence-electron chi connectivity index (χ1n) is 8.41. The molecule has 1 atom stereocenters. The highest BCUT2D eigenvalue weighted by molar-refractivity contribution is 5.79. The van der Waals surface area contributed by atoms with Crippen molar-refractivity contribution in [2.75, 3.05) is 5.73 Å². The molecule has 134 valence electrons. The number of pyridine rings is 1. The van der Waals surface area contributed by atoms with Gasteiger partial charge in [-0.1, -0.05) is 49.3 Å². The first kappa shape index (κ1) is 17.6. The minimum Gasteiger partial charge on any atom is -0.406 e. The lowest BCUT2D eigenvalue weighted by Gasteiger charge is -2.15. The fourth-order valence-corrected chi connectivity index (χ4v) is 2.59. The van der Waals surface area contributed by atoms with E-state index < -0.39 is 6.04 Å². The van der Waals surface area contributed by atoms with E-state index in [4.69, 9.17) is 10.2 Å². The van der Waals surface area contributed by atoms with E-state index in [0.717, 1.165) is 5.56 Å². The average molecular weight is 351 g/mol. The summed E-state index contributed by atoms with van der Waals surface area (Å²) in [7, 11) is 0. The minimum absolute atomic E-state index is 0.0561. The molecule has 2 heterocycles. The number of hydrogen-bond donors (Lipinski definition) is 2. The molecule has 0 radical (unpaired) electrons. The number of carbonyl (C=O) groups is 1. The van der Waals surface area contributed by atoms with Gasteiger partial charge in [0.1, 0.15) is 6.04 Å². The van der Waals surface area contributed by atoms with Gasteiger partial charge in [0, 0.05) is 6.20 Å². The van der Waals surface area contributed by atoms with E-state index in [1.807, 2.05) is 30.3 Å². The number of amides is 1. The first-order chi connectivity index (χ1) is 12.5. The third kappa shape index (κ3) is 4.24. The van der Waals surface area contributed by atoms with Crippen LogP contribution in [0.2, 0.25) is 0 Å². The van der Waals surface area contributed by atoms with Crippen molar-refractivity contribution >= 4 is 11.9 Å². The third-order valence-corrected chi connectivity index (χ3v) is 4.00. The molecule has 0 bridgehead atoms. The molecule has 0 aliphatic heterocycles. The van der Waals surface area contributed by atoms with Crippen LogP contribution >= 0.6 is 0 Å². The number of hydrogen-bond acceptors (Lipinski definition) is 6. The van der Waals surface area contributed by atoms with Gasteiger partial charge < -0.3 is 15.5 Å². The van der Waals surface area contributed by atoms with Gasteiger partial charge in [-0.3, -0.25) is 9.78 Å². The molecule has 0 aliphatic rings. The summed E-state index contributed by atoms with van der Waals surface area (Å²) in [5.41, 5.74) is 8.28. The largest absolute Gasteiger partial charge is 0.406 e. The number of nitrogens with zero attached hydrogens (tertiary/aromatic N) is 3. The lowest BCUT2D eigenvalue weighted by atomic mass is 10.0. The summed E-state index contributed by atoms with van der Waals surface area (Å²) in [6.45, 7) is 4.27. The van der Waals surface area contributed by atoms with E-state index in [1.165, 1.54) is 5.56 Å². The highest BCUT2D eigenvalue weighted by atomic mass is 16.4. The smallest absolute Gasteiger partial charge is 0.312 e. The lowest BCUT2D eigenvalue weighted by Crippen LogP contribution is -2.31. The maximum absolute atomic E-state index is 12.5. The van der Waals surface area contributed by atoms with Crippen molar-refractivity contribution in [2.24, 2.45) is 0 Å². The summed E-state index contributed by atoms with van der Waals surface area (Å²) in [5, 5.41) is 10.4. The van der Waals surface area contributed by atoms with Crippen molar-refractivity contribution in [1.29, 1.82) is 0 Å². The Balaban J connectivity index is 1.75. The fourth-order valence-electron chi connectivity index (χ4n) is 2.59. The van der Waals surface area contributed by atoms with Crippen molar-refractivity contribution < 1.29 is 9.21 Å². The van der Waals surface area contributed by atoms with Gasteiger partial charge in [-0.15, -0.1) is 5.10 Å². The van der Waals surface area contributed by atoms with Crippen LogP contribution in [-0.4, -0.2) is 21.1 Å². The van der Waals surface area contributed by atoms with E-state index in [2.05, 4.69) is 34.3 Å². The molecule has 3 aromatic rings. The zero-order valence-electron chi connectivity index (χ0n) is 14.7. The molecule has 1 aromatic carbocycles. The topological polar surface area (TPSA) is 107 Å². The van der Waals surface area contributed by atoms with Crippen LogP contribution in [0.3, 0.4) is 0 Å². The quantitative estimate of drug-likeness (QED) is 0.707. The second kappa shape index (κ2) is 7.77. The summed E-state index contributed by atoms with van der Waals surface area (Å²) in [6.07, 6.45) is 1.88. The van der Waals surface area contributed by atoms with Crippen LogP contribution in [0.15, 0.2) is 53.1 Å². The number of nitrogen functional groups attached to an aromatic ring is 1. The normalized spacial score (nSPS) is 12.1. The Morgan fingerprint density at radius 3 is 2.50 bits per heavy atom. The molecule has 26 heavy (non-hydrogen) atoms. The molecule has 3 N–H and O–H groups in total. The van der Waals surface area contributed by atoms with Gasteiger partial charge in [0.2, 0.25) is 11.8 Å². The molecule has 7 heteroatoms. The minimum atomic E-state index is -0.650. The van der Waals surface area contributed by atoms with Gasteiger partial charge in [-0.05, 0) is 29.2 Å². The van der Waals surface area contributed by atoms with Crippen LogP contribution in [-0.2, 0) is 11.2 Å². The van der Waals surface area contributed by atoms with Crippen molar-refractivity contribution in [3.05, 3.63) is 71.4 Å². The Labute approximate surface area is 151 Å². The summed E-state index contributed by atoms with van der Waals surface area (Å²) in [6, 6.07) is 12.7. The summed E-state index contributed by atoms with van der Waals surface area (Å²) in [5.74, 6) is 0.480. The number of anilines is 1. The number of carbonyl (C=O) groups excluding carboxylic acids is 1. The maximum Gasteiger partial charge on any atom is 0.312 e. The van der Waals surface area contributed by atoms with Crippen LogP contribution in [0.1, 0.15) is 48.5 Å². The molecule has 0 spiro atoms. The second-order valence-corrected chi connectivity index (χ2v) is 6.31. The van der Waals surface area contributed by atoms with E-state index in [9.17, 15) is 4.79 Å². The van der Waals surface area contributed by atoms with Gasteiger partial charge in [-0.2, -0.15) is 0 Å². The van der Waals surface area contributed by atoms with Crippen molar-refractivity contribution in [1.82, 2.24) is 20.5 Å². The van der Waals surface area contributed by atoms with Crippen LogP contribution < -0.4 is 11.1 Å². The molecule has 0 aliphatic carbocycles. The maximum atomic E-state index is 12.5. The SMILES string of the molecule is CC(C)c1ccc(CC(=O)NC(c2ccccn2)c2nnc(N)o2)cc1. The highest BCUT2D eigenvalue weighted by Gasteiger charge is 2.23. The molecule has 2 aromatic heterocycles. The monoisotopic (exact) mass is 351 g/mol. The lowest BCUT2D eigenvalue weighted by molar-refractivity contribution is -0.121. The predicted octanol–water partition coefficient (Wildman–Crippen LogP) is 2.62. The van der Waals surface area contributed by atoms with E-state index in [0.29, 0.717) is 11.6 Å². The van der Waals surface area contributed by atoms with E-state index in [1.54, 1.807) is 18.3 Å². The summed E-state index contributed by atoms with van der Waals surface area (Å²) >= 11 is 0. The molecule has 3 rings (SSSR count). The number of nitrogens with two attached hydrogens (primary N) is 1. The molecule has 0 fully saturated rings. The molecule has 1 unspecified atom stereocenters. The molecule has 0 saturated heterocycles. The standard InChI is InChI=1S/C19H21N5O2/c1-12(2)14-8-6-13(7-9-14)11-16(25)22-17(15-5-3-4-10-21-15)18-23-24-19(20)26-18/h3-10,12,17H,11H2,1-2H3,(H2,20,24)(H,22,25). The van der Waals surface area contributed by atoms with Gasteiger partial charge in [-0.25, -0.2) is 0 Å². The van der Waals surface area contributed by atoms with Crippen LogP contribution in [0, 0.1) is 0 Å². The van der Waals surface area contributed by atoms with Gasteiger partial charge in [0.05, 0.1) is 12.1 Å². The van der Waals surface area contributed by atoms with Crippen molar-refractivity contribution in [3.8, 4) is 0 Å². The Morgan fingerprint density at radius 1 is 1.15 bits per heavy atom. The van der Waals surface area contributed by atoms with E-state index in [-0.39, 0.29) is 24.2 Å². The van der Waals surface area contributed by atoms with Crippen LogP contribution in [0.25, 0.3) is 0 Å². The summed E-state index contributed by atoms with van der Waals surface area (Å²) in [4.78, 5) is 16.8. The van der Waals surface area contributed by atoms with Crippen LogP contribution in [0.4, 0.5) is 6.01 Å². The first-order valence-corrected chi connectivity index (χ1v) is 8.41. The predicted molar refractivity (Wildman–Crippen MR) is 97.2 cm³/mol. The Hall–Kier alpha value is -3.22. The summed E-state index contributed by atoms with van der Waals surface area (Å²) < 4.78 is 5.29. The second-order valence-electron chi connectivity index (χ2n) is 6.31. The van der Waals surface area contributed by atoms with Crippen molar-refractivity contribution in [3.63, 3.8) is 0 Å². The number of aromatic nitrogens is 3. The van der Waals surface area contributed by atoms with Gasteiger partial charge >= 0.3 is 6.01 Å².